The van der Waals surface area contributed by atoms with E-state index < -0.39 is 4.92 Å². The third kappa shape index (κ3) is 2.62. The first-order valence-electron chi connectivity index (χ1n) is 6.45. The molecule has 0 saturated heterocycles. The van der Waals surface area contributed by atoms with Crippen molar-refractivity contribution in [3.63, 3.8) is 0 Å². The van der Waals surface area contributed by atoms with Gasteiger partial charge in [0.05, 0.1) is 9.95 Å². The fourth-order valence-corrected chi connectivity index (χ4v) is 2.57. The SMILES string of the molecule is CN1CCc2ccc(Nc3ncc(Cl)cc3[N+](=O)[O-])cc21. The summed E-state index contributed by atoms with van der Waals surface area (Å²) >= 11 is 5.76. The molecule has 0 radical (unpaired) electrons. The van der Waals surface area contributed by atoms with Gasteiger partial charge >= 0.3 is 5.69 Å². The van der Waals surface area contributed by atoms with Crippen LogP contribution < -0.4 is 10.2 Å². The van der Waals surface area contributed by atoms with E-state index in [0.717, 1.165) is 24.3 Å². The Balaban J connectivity index is 1.94. The molecule has 6 nitrogen and oxygen atoms in total. The largest absolute Gasteiger partial charge is 0.374 e. The zero-order valence-electron chi connectivity index (χ0n) is 11.3. The molecule has 7 heteroatoms. The number of nitrogens with zero attached hydrogens (tertiary/aromatic N) is 3. The molecule has 1 aromatic heterocycles. The summed E-state index contributed by atoms with van der Waals surface area (Å²) in [6, 6.07) is 7.19. The number of aromatic nitrogens is 1. The number of fused-ring (bicyclic) bond motifs is 1. The average Bonchev–Trinajstić information content (AvgIpc) is 2.82. The maximum atomic E-state index is 11.1. The molecule has 2 aromatic rings. The van der Waals surface area contributed by atoms with E-state index in [4.69, 9.17) is 11.6 Å². The molecule has 0 amide bonds. The normalized spacial score (nSPS) is 13.1. The van der Waals surface area contributed by atoms with Crippen LogP contribution in [0, 0.1) is 10.1 Å². The van der Waals surface area contributed by atoms with Crippen molar-refractivity contribution in [3.05, 3.63) is 51.2 Å². The summed E-state index contributed by atoms with van der Waals surface area (Å²) in [5.41, 5.74) is 3.04. The molecule has 1 aliphatic heterocycles. The van der Waals surface area contributed by atoms with Crippen LogP contribution in [0.15, 0.2) is 30.5 Å². The quantitative estimate of drug-likeness (QED) is 0.695. The average molecular weight is 305 g/mol. The minimum absolute atomic E-state index is 0.142. The van der Waals surface area contributed by atoms with Crippen LogP contribution in [0.4, 0.5) is 22.9 Å². The standard InChI is InChI=1S/C14H13ClN4O2/c1-18-5-4-9-2-3-11(7-12(9)18)17-14-13(19(20)21)6-10(15)8-16-14/h2-3,6-8H,4-5H2,1H3,(H,16,17). The van der Waals surface area contributed by atoms with Gasteiger partial charge in [-0.05, 0) is 24.1 Å². The van der Waals surface area contributed by atoms with Crippen LogP contribution in [0.3, 0.4) is 0 Å². The molecule has 108 valence electrons. The number of benzene rings is 1. The van der Waals surface area contributed by atoms with Crippen molar-refractivity contribution in [1.82, 2.24) is 4.98 Å². The lowest BCUT2D eigenvalue weighted by Gasteiger charge is -2.13. The molecule has 2 heterocycles. The Kier molecular flexibility index (Phi) is 3.39. The van der Waals surface area contributed by atoms with Crippen LogP contribution in [-0.4, -0.2) is 23.5 Å². The Morgan fingerprint density at radius 2 is 2.24 bits per heavy atom. The van der Waals surface area contributed by atoms with Gasteiger partial charge in [-0.25, -0.2) is 4.98 Å². The molecule has 1 N–H and O–H groups in total. The first-order valence-corrected chi connectivity index (χ1v) is 6.83. The van der Waals surface area contributed by atoms with Gasteiger partial charge in [0.2, 0.25) is 5.82 Å². The Labute approximate surface area is 126 Å². The minimum atomic E-state index is -0.499. The molecule has 0 atom stereocenters. The van der Waals surface area contributed by atoms with E-state index in [2.05, 4.69) is 15.2 Å². The van der Waals surface area contributed by atoms with E-state index in [9.17, 15) is 10.1 Å². The summed E-state index contributed by atoms with van der Waals surface area (Å²) in [5, 5.41) is 14.3. The van der Waals surface area contributed by atoms with Crippen molar-refractivity contribution in [2.45, 2.75) is 6.42 Å². The summed E-state index contributed by atoms with van der Waals surface area (Å²) in [6.45, 7) is 0.984. The number of nitrogens with one attached hydrogen (secondary N) is 1. The Hall–Kier alpha value is -2.34. The monoisotopic (exact) mass is 304 g/mol. The van der Waals surface area contributed by atoms with Crippen LogP contribution in [-0.2, 0) is 6.42 Å². The zero-order valence-corrected chi connectivity index (χ0v) is 12.1. The van der Waals surface area contributed by atoms with E-state index in [1.807, 2.05) is 25.2 Å². The molecule has 1 aliphatic rings. The molecule has 0 unspecified atom stereocenters. The molecule has 21 heavy (non-hydrogen) atoms. The Morgan fingerprint density at radius 3 is 3.00 bits per heavy atom. The topological polar surface area (TPSA) is 71.3 Å². The number of hydrogen-bond acceptors (Lipinski definition) is 5. The molecule has 0 saturated carbocycles. The van der Waals surface area contributed by atoms with Crippen molar-refractivity contribution < 1.29 is 4.92 Å². The van der Waals surface area contributed by atoms with Gasteiger partial charge in [0.1, 0.15) is 0 Å². The summed E-state index contributed by atoms with van der Waals surface area (Å²) in [4.78, 5) is 16.7. The van der Waals surface area contributed by atoms with Crippen molar-refractivity contribution in [2.24, 2.45) is 0 Å². The van der Waals surface area contributed by atoms with E-state index in [-0.39, 0.29) is 16.5 Å². The first-order chi connectivity index (χ1) is 10.0. The molecule has 0 fully saturated rings. The molecule has 3 rings (SSSR count). The van der Waals surface area contributed by atoms with Crippen LogP contribution in [0.1, 0.15) is 5.56 Å². The summed E-state index contributed by atoms with van der Waals surface area (Å²) in [6.07, 6.45) is 2.40. The van der Waals surface area contributed by atoms with E-state index in [1.54, 1.807) is 0 Å². The van der Waals surface area contributed by atoms with Crippen LogP contribution in [0.25, 0.3) is 0 Å². The predicted octanol–water partition coefficient (Wildman–Crippen LogP) is 3.38. The number of rotatable bonds is 3. The van der Waals surface area contributed by atoms with Crippen molar-refractivity contribution in [1.29, 1.82) is 0 Å². The number of halogens is 1. The number of likely N-dealkylation sites (N-methyl/N-ethyl adjacent to an activating group) is 1. The molecule has 0 spiro atoms. The summed E-state index contributed by atoms with van der Waals surface area (Å²) < 4.78 is 0. The van der Waals surface area contributed by atoms with Gasteiger partial charge in [0.25, 0.3) is 0 Å². The van der Waals surface area contributed by atoms with Crippen LogP contribution in [0.5, 0.6) is 0 Å². The third-order valence-electron chi connectivity index (χ3n) is 3.51. The smallest absolute Gasteiger partial charge is 0.313 e. The second kappa shape index (κ2) is 5.21. The molecule has 0 bridgehead atoms. The lowest BCUT2D eigenvalue weighted by molar-refractivity contribution is -0.384. The highest BCUT2D eigenvalue weighted by molar-refractivity contribution is 6.30. The molecule has 0 aliphatic carbocycles. The number of anilines is 3. The second-order valence-electron chi connectivity index (χ2n) is 4.92. The van der Waals surface area contributed by atoms with Gasteiger partial charge in [-0.1, -0.05) is 17.7 Å². The highest BCUT2D eigenvalue weighted by atomic mass is 35.5. The molecular weight excluding hydrogens is 292 g/mol. The Bertz CT molecular complexity index is 720. The van der Waals surface area contributed by atoms with Gasteiger partial charge in [-0.2, -0.15) is 0 Å². The minimum Gasteiger partial charge on any atom is -0.374 e. The fourth-order valence-electron chi connectivity index (χ4n) is 2.42. The van der Waals surface area contributed by atoms with E-state index >= 15 is 0 Å². The molecule has 1 aromatic carbocycles. The van der Waals surface area contributed by atoms with E-state index in [1.165, 1.54) is 17.8 Å². The summed E-state index contributed by atoms with van der Waals surface area (Å²) in [7, 11) is 2.03. The summed E-state index contributed by atoms with van der Waals surface area (Å²) in [5.74, 6) is 0.185. The maximum Gasteiger partial charge on any atom is 0.313 e. The van der Waals surface area contributed by atoms with Gasteiger partial charge in [-0.15, -0.1) is 0 Å². The third-order valence-corrected chi connectivity index (χ3v) is 3.71. The number of nitro groups is 1. The van der Waals surface area contributed by atoms with Gasteiger partial charge in [0.15, 0.2) is 0 Å². The molecular formula is C14H13ClN4O2. The first kappa shape index (κ1) is 13.6. The maximum absolute atomic E-state index is 11.1. The van der Waals surface area contributed by atoms with Crippen LogP contribution >= 0.6 is 11.6 Å². The number of pyridine rings is 1. The fraction of sp³-hybridized carbons (Fsp3) is 0.214. The van der Waals surface area contributed by atoms with Crippen molar-refractivity contribution in [2.75, 3.05) is 23.8 Å². The predicted molar refractivity (Wildman–Crippen MR) is 82.6 cm³/mol. The second-order valence-corrected chi connectivity index (χ2v) is 5.35. The lowest BCUT2D eigenvalue weighted by Crippen LogP contribution is -2.12. The highest BCUT2D eigenvalue weighted by Gasteiger charge is 2.19. The van der Waals surface area contributed by atoms with Crippen molar-refractivity contribution in [3.8, 4) is 0 Å². The lowest BCUT2D eigenvalue weighted by atomic mass is 10.1. The van der Waals surface area contributed by atoms with Gasteiger partial charge in [0, 0.05) is 37.2 Å². The van der Waals surface area contributed by atoms with Crippen molar-refractivity contribution >= 4 is 34.5 Å². The number of hydrogen-bond donors (Lipinski definition) is 1. The van der Waals surface area contributed by atoms with Gasteiger partial charge < -0.3 is 10.2 Å². The Morgan fingerprint density at radius 1 is 1.43 bits per heavy atom. The highest BCUT2D eigenvalue weighted by Crippen LogP contribution is 2.32. The van der Waals surface area contributed by atoms with Crippen LogP contribution in [0.2, 0.25) is 5.02 Å². The van der Waals surface area contributed by atoms with Gasteiger partial charge in [-0.3, -0.25) is 10.1 Å². The zero-order chi connectivity index (χ0) is 15.0. The van der Waals surface area contributed by atoms with E-state index in [0.29, 0.717) is 0 Å².